The molecule has 0 spiro atoms. The molecule has 0 bridgehead atoms. The molecular formula is C28H25N5O. The van der Waals surface area contributed by atoms with Crippen LogP contribution >= 0.6 is 0 Å². The zero-order chi connectivity index (χ0) is 23.7. The van der Waals surface area contributed by atoms with E-state index in [4.69, 9.17) is 4.98 Å². The van der Waals surface area contributed by atoms with E-state index in [0.29, 0.717) is 23.1 Å². The number of carbonyl (C=O) groups is 1. The molecule has 3 heterocycles. The van der Waals surface area contributed by atoms with Crippen LogP contribution < -0.4 is 5.32 Å². The van der Waals surface area contributed by atoms with Crippen molar-refractivity contribution in [2.75, 3.05) is 5.32 Å². The maximum Gasteiger partial charge on any atom is 0.256 e. The molecule has 5 rings (SSSR count). The lowest BCUT2D eigenvalue weighted by atomic mass is 10.0. The summed E-state index contributed by atoms with van der Waals surface area (Å²) in [5, 5.41) is 8.42. The summed E-state index contributed by atoms with van der Waals surface area (Å²) in [7, 11) is 0. The van der Waals surface area contributed by atoms with E-state index < -0.39 is 0 Å². The quantitative estimate of drug-likeness (QED) is 0.374. The molecule has 6 nitrogen and oxygen atoms in total. The van der Waals surface area contributed by atoms with Crippen molar-refractivity contribution in [1.82, 2.24) is 19.7 Å². The van der Waals surface area contributed by atoms with Crippen molar-refractivity contribution >= 4 is 22.6 Å². The van der Waals surface area contributed by atoms with Gasteiger partial charge in [0.25, 0.3) is 5.91 Å². The molecule has 5 aromatic rings. The van der Waals surface area contributed by atoms with Crippen molar-refractivity contribution < 1.29 is 4.79 Å². The van der Waals surface area contributed by atoms with Gasteiger partial charge in [0.2, 0.25) is 0 Å². The van der Waals surface area contributed by atoms with Crippen molar-refractivity contribution in [3.63, 3.8) is 0 Å². The Morgan fingerprint density at radius 3 is 2.41 bits per heavy atom. The van der Waals surface area contributed by atoms with Gasteiger partial charge in [0.05, 0.1) is 29.4 Å². The molecule has 0 aliphatic rings. The second-order valence-corrected chi connectivity index (χ2v) is 8.55. The number of aromatic nitrogens is 4. The van der Waals surface area contributed by atoms with Crippen LogP contribution in [0.15, 0.2) is 79.3 Å². The third-order valence-electron chi connectivity index (χ3n) is 5.89. The number of pyridine rings is 2. The fourth-order valence-electron chi connectivity index (χ4n) is 4.33. The van der Waals surface area contributed by atoms with E-state index in [-0.39, 0.29) is 5.91 Å². The zero-order valence-electron chi connectivity index (χ0n) is 19.4. The standard InChI is InChI=1S/C28H25N5O/c1-18-12-19(2)26(20(3)13-18)32-28(34)23-14-25(22-9-5-4-6-10-22)31-27-24(23)16-30-33(27)17-21-8-7-11-29-15-21/h4-16H,17H2,1-3H3,(H,32,34). The first kappa shape index (κ1) is 21.5. The Labute approximate surface area is 198 Å². The minimum atomic E-state index is -0.180. The fraction of sp³-hybridized carbons (Fsp3) is 0.143. The first-order valence-electron chi connectivity index (χ1n) is 11.2. The lowest BCUT2D eigenvalue weighted by Gasteiger charge is -2.14. The van der Waals surface area contributed by atoms with Crippen molar-refractivity contribution in [2.45, 2.75) is 27.3 Å². The predicted molar refractivity (Wildman–Crippen MR) is 135 cm³/mol. The molecule has 0 saturated heterocycles. The van der Waals surface area contributed by atoms with Gasteiger partial charge in [-0.2, -0.15) is 5.10 Å². The molecule has 0 aliphatic carbocycles. The van der Waals surface area contributed by atoms with Crippen molar-refractivity contribution in [3.05, 3.63) is 107 Å². The van der Waals surface area contributed by atoms with Gasteiger partial charge in [-0.25, -0.2) is 9.67 Å². The smallest absolute Gasteiger partial charge is 0.256 e. The second-order valence-electron chi connectivity index (χ2n) is 8.55. The highest BCUT2D eigenvalue weighted by Gasteiger charge is 2.19. The van der Waals surface area contributed by atoms with E-state index in [0.717, 1.165) is 33.6 Å². The maximum atomic E-state index is 13.6. The number of hydrogen-bond acceptors (Lipinski definition) is 4. The van der Waals surface area contributed by atoms with Crippen LogP contribution in [0.4, 0.5) is 5.69 Å². The average Bonchev–Trinajstić information content (AvgIpc) is 3.24. The number of amides is 1. The Morgan fingerprint density at radius 1 is 0.941 bits per heavy atom. The van der Waals surface area contributed by atoms with Crippen LogP contribution in [0.1, 0.15) is 32.6 Å². The fourth-order valence-corrected chi connectivity index (χ4v) is 4.33. The molecule has 0 atom stereocenters. The third kappa shape index (κ3) is 4.18. The highest BCUT2D eigenvalue weighted by atomic mass is 16.1. The Morgan fingerprint density at radius 2 is 1.71 bits per heavy atom. The topological polar surface area (TPSA) is 72.7 Å². The molecule has 6 heteroatoms. The van der Waals surface area contributed by atoms with Crippen molar-refractivity contribution in [3.8, 4) is 11.3 Å². The molecule has 0 unspecified atom stereocenters. The summed E-state index contributed by atoms with van der Waals surface area (Å²) >= 11 is 0. The number of aryl methyl sites for hydroxylation is 3. The number of anilines is 1. The van der Waals surface area contributed by atoms with Crippen LogP contribution in [0.3, 0.4) is 0 Å². The van der Waals surface area contributed by atoms with Gasteiger partial charge in [-0.15, -0.1) is 0 Å². The normalized spacial score (nSPS) is 11.0. The van der Waals surface area contributed by atoms with Crippen LogP contribution in [0.2, 0.25) is 0 Å². The molecule has 34 heavy (non-hydrogen) atoms. The third-order valence-corrected chi connectivity index (χ3v) is 5.89. The molecular weight excluding hydrogens is 422 g/mol. The van der Waals surface area contributed by atoms with E-state index in [1.54, 1.807) is 12.4 Å². The number of benzene rings is 2. The molecule has 1 N–H and O–H groups in total. The van der Waals surface area contributed by atoms with Gasteiger partial charge in [-0.3, -0.25) is 9.78 Å². The van der Waals surface area contributed by atoms with Crippen LogP contribution in [0.5, 0.6) is 0 Å². The summed E-state index contributed by atoms with van der Waals surface area (Å²) < 4.78 is 1.82. The Bertz CT molecular complexity index is 1470. The molecule has 3 aromatic heterocycles. The monoisotopic (exact) mass is 447 g/mol. The highest BCUT2D eigenvalue weighted by molar-refractivity contribution is 6.13. The van der Waals surface area contributed by atoms with Crippen molar-refractivity contribution in [2.24, 2.45) is 0 Å². The summed E-state index contributed by atoms with van der Waals surface area (Å²) in [5.41, 5.74) is 7.95. The molecule has 2 aromatic carbocycles. The Balaban J connectivity index is 1.62. The van der Waals surface area contributed by atoms with Crippen LogP contribution in [0.25, 0.3) is 22.3 Å². The van der Waals surface area contributed by atoms with Gasteiger partial charge in [-0.05, 0) is 49.6 Å². The van der Waals surface area contributed by atoms with Crippen LogP contribution in [-0.2, 0) is 6.54 Å². The number of nitrogens with one attached hydrogen (secondary N) is 1. The van der Waals surface area contributed by atoms with Crippen molar-refractivity contribution in [1.29, 1.82) is 0 Å². The van der Waals surface area contributed by atoms with Gasteiger partial charge in [0.1, 0.15) is 0 Å². The summed E-state index contributed by atoms with van der Waals surface area (Å²) in [6, 6.07) is 19.8. The number of rotatable bonds is 5. The number of carbonyl (C=O) groups excluding carboxylic acids is 1. The summed E-state index contributed by atoms with van der Waals surface area (Å²) in [5.74, 6) is -0.180. The molecule has 168 valence electrons. The molecule has 0 radical (unpaired) electrons. The minimum absolute atomic E-state index is 0.180. The molecule has 0 fully saturated rings. The highest BCUT2D eigenvalue weighted by Crippen LogP contribution is 2.28. The van der Waals surface area contributed by atoms with Crippen LogP contribution in [-0.4, -0.2) is 25.7 Å². The number of nitrogens with zero attached hydrogens (tertiary/aromatic N) is 4. The van der Waals surface area contributed by atoms with E-state index in [2.05, 4.69) is 34.5 Å². The first-order chi connectivity index (χ1) is 16.5. The van der Waals surface area contributed by atoms with E-state index in [1.807, 2.05) is 73.3 Å². The van der Waals surface area contributed by atoms with Gasteiger partial charge in [0.15, 0.2) is 5.65 Å². The summed E-state index contributed by atoms with van der Waals surface area (Å²) in [6.45, 7) is 6.60. The van der Waals surface area contributed by atoms with Gasteiger partial charge in [-0.1, -0.05) is 54.1 Å². The molecule has 0 saturated carbocycles. The zero-order valence-corrected chi connectivity index (χ0v) is 19.4. The Hall–Kier alpha value is -4.32. The SMILES string of the molecule is Cc1cc(C)c(NC(=O)c2cc(-c3ccccc3)nc3c2cnn3Cc2cccnc2)c(C)c1. The molecule has 1 amide bonds. The minimum Gasteiger partial charge on any atom is -0.321 e. The van der Waals surface area contributed by atoms with E-state index in [9.17, 15) is 4.79 Å². The number of fused-ring (bicyclic) bond motifs is 1. The average molecular weight is 448 g/mol. The lowest BCUT2D eigenvalue weighted by Crippen LogP contribution is -2.15. The summed E-state index contributed by atoms with van der Waals surface area (Å²) in [6.07, 6.45) is 5.27. The van der Waals surface area contributed by atoms with Gasteiger partial charge >= 0.3 is 0 Å². The Kier molecular flexibility index (Phi) is 5.64. The van der Waals surface area contributed by atoms with E-state index >= 15 is 0 Å². The molecule has 0 aliphatic heterocycles. The first-order valence-corrected chi connectivity index (χ1v) is 11.2. The van der Waals surface area contributed by atoms with Gasteiger partial charge in [0, 0.05) is 23.6 Å². The van der Waals surface area contributed by atoms with E-state index in [1.165, 1.54) is 5.56 Å². The summed E-state index contributed by atoms with van der Waals surface area (Å²) in [4.78, 5) is 22.7. The predicted octanol–water partition coefficient (Wildman–Crippen LogP) is 5.72. The second kappa shape index (κ2) is 8.90. The van der Waals surface area contributed by atoms with Gasteiger partial charge < -0.3 is 5.32 Å². The lowest BCUT2D eigenvalue weighted by molar-refractivity contribution is 0.102. The number of hydrogen-bond donors (Lipinski definition) is 1. The maximum absolute atomic E-state index is 13.6. The van der Waals surface area contributed by atoms with Crippen LogP contribution in [0, 0.1) is 20.8 Å². The largest absolute Gasteiger partial charge is 0.321 e.